The molecule has 0 amide bonds. The molecule has 1 atom stereocenters. The van der Waals surface area contributed by atoms with E-state index >= 15 is 0 Å². The molecule has 4 heteroatoms. The molecule has 0 aromatic heterocycles. The Bertz CT molecular complexity index is 225. The first-order valence-electron chi connectivity index (χ1n) is 7.65. The molecule has 2 heterocycles. The molecule has 0 spiro atoms. The van der Waals surface area contributed by atoms with Gasteiger partial charge in [0.1, 0.15) is 0 Å². The fourth-order valence-electron chi connectivity index (χ4n) is 3.06. The normalized spacial score (nSPS) is 25.5. The van der Waals surface area contributed by atoms with Gasteiger partial charge in [-0.05, 0) is 39.3 Å². The zero-order valence-corrected chi connectivity index (χ0v) is 11.9. The van der Waals surface area contributed by atoms with Crippen molar-refractivity contribution in [2.45, 2.75) is 32.2 Å². The van der Waals surface area contributed by atoms with E-state index in [1.54, 1.807) is 0 Å². The first-order valence-corrected chi connectivity index (χ1v) is 7.65. The third kappa shape index (κ3) is 4.50. The lowest BCUT2D eigenvalue weighted by molar-refractivity contribution is 0.105. The van der Waals surface area contributed by atoms with E-state index in [4.69, 9.17) is 4.74 Å². The minimum absolute atomic E-state index is 0.839. The van der Waals surface area contributed by atoms with Crippen LogP contribution >= 0.6 is 0 Å². The van der Waals surface area contributed by atoms with E-state index in [0.717, 1.165) is 38.8 Å². The quantitative estimate of drug-likeness (QED) is 0.649. The lowest BCUT2D eigenvalue weighted by atomic mass is 10.1. The highest BCUT2D eigenvalue weighted by Gasteiger charge is 2.29. The Morgan fingerprint density at radius 3 is 3.06 bits per heavy atom. The lowest BCUT2D eigenvalue weighted by Crippen LogP contribution is -2.51. The standard InChI is InChI=1S/C14H29N3O/c1-2-18-12-4-6-15-7-9-16-10-11-17-8-3-5-14(17)13-16/h14-15H,2-13H2,1H3. The van der Waals surface area contributed by atoms with Gasteiger partial charge in [0.15, 0.2) is 0 Å². The van der Waals surface area contributed by atoms with Gasteiger partial charge in [0, 0.05) is 52.0 Å². The summed E-state index contributed by atoms with van der Waals surface area (Å²) in [5, 5.41) is 3.52. The predicted octanol–water partition coefficient (Wildman–Crippen LogP) is 0.783. The molecular weight excluding hydrogens is 226 g/mol. The first kappa shape index (κ1) is 14.3. The van der Waals surface area contributed by atoms with Crippen LogP contribution in [0.4, 0.5) is 0 Å². The van der Waals surface area contributed by atoms with Gasteiger partial charge in [-0.25, -0.2) is 0 Å². The van der Waals surface area contributed by atoms with Crippen molar-refractivity contribution in [3.8, 4) is 0 Å². The van der Waals surface area contributed by atoms with Crippen LogP contribution in [0.3, 0.4) is 0 Å². The van der Waals surface area contributed by atoms with Crippen LogP contribution in [0.5, 0.6) is 0 Å². The van der Waals surface area contributed by atoms with E-state index in [0.29, 0.717) is 0 Å². The molecule has 0 aliphatic carbocycles. The number of hydrogen-bond acceptors (Lipinski definition) is 4. The van der Waals surface area contributed by atoms with Gasteiger partial charge in [0.05, 0.1) is 0 Å². The Morgan fingerprint density at radius 1 is 1.22 bits per heavy atom. The molecule has 1 unspecified atom stereocenters. The molecule has 18 heavy (non-hydrogen) atoms. The van der Waals surface area contributed by atoms with E-state index in [-0.39, 0.29) is 0 Å². The second-order valence-electron chi connectivity index (χ2n) is 5.43. The van der Waals surface area contributed by atoms with Gasteiger partial charge < -0.3 is 10.1 Å². The molecule has 0 aromatic rings. The van der Waals surface area contributed by atoms with E-state index in [1.165, 1.54) is 45.6 Å². The SMILES string of the molecule is CCOCCCNCCN1CCN2CCCC2C1. The van der Waals surface area contributed by atoms with E-state index in [2.05, 4.69) is 22.0 Å². The zero-order valence-electron chi connectivity index (χ0n) is 11.9. The third-order valence-electron chi connectivity index (χ3n) is 4.12. The van der Waals surface area contributed by atoms with Crippen LogP contribution in [-0.4, -0.2) is 74.9 Å². The minimum Gasteiger partial charge on any atom is -0.382 e. The Kier molecular flexibility index (Phi) is 6.41. The van der Waals surface area contributed by atoms with Crippen molar-refractivity contribution in [3.05, 3.63) is 0 Å². The van der Waals surface area contributed by atoms with Crippen molar-refractivity contribution in [2.24, 2.45) is 0 Å². The van der Waals surface area contributed by atoms with E-state index in [9.17, 15) is 0 Å². The fraction of sp³-hybridized carbons (Fsp3) is 1.00. The Hall–Kier alpha value is -0.160. The minimum atomic E-state index is 0.839. The van der Waals surface area contributed by atoms with Crippen LogP contribution in [0.15, 0.2) is 0 Å². The molecule has 0 bridgehead atoms. The highest BCUT2D eigenvalue weighted by Crippen LogP contribution is 2.20. The van der Waals surface area contributed by atoms with Gasteiger partial charge in [-0.1, -0.05) is 0 Å². The van der Waals surface area contributed by atoms with Crippen molar-refractivity contribution < 1.29 is 4.74 Å². The molecule has 0 radical (unpaired) electrons. The molecule has 2 rings (SSSR count). The summed E-state index contributed by atoms with van der Waals surface area (Å²) in [6.45, 7) is 12.4. The van der Waals surface area contributed by atoms with Crippen LogP contribution in [0.25, 0.3) is 0 Å². The molecule has 4 nitrogen and oxygen atoms in total. The second-order valence-corrected chi connectivity index (χ2v) is 5.43. The highest BCUT2D eigenvalue weighted by atomic mass is 16.5. The van der Waals surface area contributed by atoms with Crippen molar-refractivity contribution in [2.75, 3.05) is 59.0 Å². The summed E-state index contributed by atoms with van der Waals surface area (Å²) in [4.78, 5) is 5.30. The first-order chi connectivity index (χ1) is 8.90. The van der Waals surface area contributed by atoms with Crippen LogP contribution in [0, 0.1) is 0 Å². The van der Waals surface area contributed by atoms with Gasteiger partial charge in [-0.15, -0.1) is 0 Å². The number of hydrogen-bond donors (Lipinski definition) is 1. The molecule has 2 saturated heterocycles. The number of nitrogens with zero attached hydrogens (tertiary/aromatic N) is 2. The average molecular weight is 255 g/mol. The van der Waals surface area contributed by atoms with E-state index in [1.807, 2.05) is 0 Å². The Balaban J connectivity index is 1.47. The summed E-state index contributed by atoms with van der Waals surface area (Å²) in [6.07, 6.45) is 3.96. The topological polar surface area (TPSA) is 27.7 Å². The number of ether oxygens (including phenoxy) is 1. The van der Waals surface area contributed by atoms with Crippen molar-refractivity contribution in [3.63, 3.8) is 0 Å². The van der Waals surface area contributed by atoms with Gasteiger partial charge in [-0.2, -0.15) is 0 Å². The molecular formula is C14H29N3O. The van der Waals surface area contributed by atoms with Gasteiger partial charge in [-0.3, -0.25) is 9.80 Å². The maximum absolute atomic E-state index is 5.32. The van der Waals surface area contributed by atoms with Crippen LogP contribution in [0.2, 0.25) is 0 Å². The van der Waals surface area contributed by atoms with Crippen molar-refractivity contribution in [1.82, 2.24) is 15.1 Å². The fourth-order valence-corrected chi connectivity index (χ4v) is 3.06. The summed E-state index contributed by atoms with van der Waals surface area (Å²) in [5.41, 5.74) is 0. The second kappa shape index (κ2) is 8.10. The summed E-state index contributed by atoms with van der Waals surface area (Å²) < 4.78 is 5.32. The average Bonchev–Trinajstić information content (AvgIpc) is 2.85. The number of piperazine rings is 1. The molecule has 106 valence electrons. The molecule has 0 saturated carbocycles. The Morgan fingerprint density at radius 2 is 2.17 bits per heavy atom. The van der Waals surface area contributed by atoms with Gasteiger partial charge >= 0.3 is 0 Å². The maximum atomic E-state index is 5.32. The van der Waals surface area contributed by atoms with Gasteiger partial charge in [0.25, 0.3) is 0 Å². The largest absolute Gasteiger partial charge is 0.382 e. The maximum Gasteiger partial charge on any atom is 0.0477 e. The summed E-state index contributed by atoms with van der Waals surface area (Å²) in [5.74, 6) is 0. The zero-order chi connectivity index (χ0) is 12.6. The predicted molar refractivity (Wildman–Crippen MR) is 75.0 cm³/mol. The molecule has 1 N–H and O–H groups in total. The number of nitrogens with one attached hydrogen (secondary N) is 1. The monoisotopic (exact) mass is 255 g/mol. The van der Waals surface area contributed by atoms with E-state index < -0.39 is 0 Å². The van der Waals surface area contributed by atoms with Crippen LogP contribution < -0.4 is 5.32 Å². The van der Waals surface area contributed by atoms with Gasteiger partial charge in [0.2, 0.25) is 0 Å². The molecule has 2 fully saturated rings. The van der Waals surface area contributed by atoms with Crippen LogP contribution in [0.1, 0.15) is 26.2 Å². The lowest BCUT2D eigenvalue weighted by Gasteiger charge is -2.37. The smallest absolute Gasteiger partial charge is 0.0477 e. The number of rotatable bonds is 8. The summed E-state index contributed by atoms with van der Waals surface area (Å²) in [6, 6.07) is 0.858. The summed E-state index contributed by atoms with van der Waals surface area (Å²) >= 11 is 0. The molecule has 2 aliphatic rings. The summed E-state index contributed by atoms with van der Waals surface area (Å²) in [7, 11) is 0. The third-order valence-corrected chi connectivity index (χ3v) is 4.12. The molecule has 2 aliphatic heterocycles. The van der Waals surface area contributed by atoms with Crippen LogP contribution in [-0.2, 0) is 4.74 Å². The Labute approximate surface area is 112 Å². The highest BCUT2D eigenvalue weighted by molar-refractivity contribution is 4.86. The molecule has 0 aromatic carbocycles. The van der Waals surface area contributed by atoms with Crippen molar-refractivity contribution in [1.29, 1.82) is 0 Å². The number of fused-ring (bicyclic) bond motifs is 1. The van der Waals surface area contributed by atoms with Crippen molar-refractivity contribution >= 4 is 0 Å².